The van der Waals surface area contributed by atoms with Gasteiger partial charge in [0.25, 0.3) is 0 Å². The SMILES string of the molecule is CC(CNc1c([N+](=O)[O-])ncn1C)S(C)=O. The maximum absolute atomic E-state index is 11.1. The number of imidazole rings is 1. The lowest BCUT2D eigenvalue weighted by Crippen LogP contribution is -2.22. The highest BCUT2D eigenvalue weighted by Crippen LogP contribution is 2.20. The van der Waals surface area contributed by atoms with E-state index >= 15 is 0 Å². The van der Waals surface area contributed by atoms with E-state index in [0.717, 1.165) is 0 Å². The van der Waals surface area contributed by atoms with Crippen LogP contribution in [0, 0.1) is 10.1 Å². The van der Waals surface area contributed by atoms with Crippen LogP contribution in [0.1, 0.15) is 6.92 Å². The predicted octanol–water partition coefficient (Wildman–Crippen LogP) is 0.507. The number of aromatic nitrogens is 2. The van der Waals surface area contributed by atoms with Crippen LogP contribution in [0.3, 0.4) is 0 Å². The van der Waals surface area contributed by atoms with E-state index in [4.69, 9.17) is 0 Å². The van der Waals surface area contributed by atoms with Gasteiger partial charge in [0.15, 0.2) is 0 Å². The van der Waals surface area contributed by atoms with Gasteiger partial charge in [0, 0.05) is 35.9 Å². The second-order valence-corrected chi connectivity index (χ2v) is 5.28. The molecule has 0 aliphatic heterocycles. The molecule has 90 valence electrons. The van der Waals surface area contributed by atoms with Crippen LogP contribution >= 0.6 is 0 Å². The van der Waals surface area contributed by atoms with Crippen LogP contribution in [-0.2, 0) is 17.8 Å². The zero-order valence-electron chi connectivity index (χ0n) is 9.34. The third-order valence-electron chi connectivity index (χ3n) is 2.21. The lowest BCUT2D eigenvalue weighted by molar-refractivity contribution is -0.388. The van der Waals surface area contributed by atoms with Crippen molar-refractivity contribution in [3.8, 4) is 0 Å². The Labute approximate surface area is 95.5 Å². The standard InChI is InChI=1S/C8H14N4O3S/c1-6(16(3)15)4-9-7-8(12(13)14)10-5-11(7)2/h5-6,9H,4H2,1-3H3. The normalized spacial score (nSPS) is 14.4. The fourth-order valence-corrected chi connectivity index (χ4v) is 1.43. The zero-order chi connectivity index (χ0) is 12.3. The highest BCUT2D eigenvalue weighted by Gasteiger charge is 2.20. The van der Waals surface area contributed by atoms with Gasteiger partial charge in [0.05, 0.1) is 0 Å². The summed E-state index contributed by atoms with van der Waals surface area (Å²) >= 11 is 0. The molecule has 1 N–H and O–H groups in total. The van der Waals surface area contributed by atoms with E-state index in [2.05, 4.69) is 10.3 Å². The molecule has 0 aromatic carbocycles. The molecule has 0 amide bonds. The second-order valence-electron chi connectivity index (χ2n) is 3.47. The van der Waals surface area contributed by atoms with Crippen LogP contribution < -0.4 is 5.32 Å². The number of aryl methyl sites for hydroxylation is 1. The van der Waals surface area contributed by atoms with Crippen molar-refractivity contribution >= 4 is 22.4 Å². The fraction of sp³-hybridized carbons (Fsp3) is 0.625. The lowest BCUT2D eigenvalue weighted by atomic mass is 10.4. The predicted molar refractivity (Wildman–Crippen MR) is 61.9 cm³/mol. The van der Waals surface area contributed by atoms with Crippen LogP contribution in [0.2, 0.25) is 0 Å². The first-order valence-electron chi connectivity index (χ1n) is 4.65. The summed E-state index contributed by atoms with van der Waals surface area (Å²) in [6, 6.07) is 0. The molecule has 0 fully saturated rings. The van der Waals surface area contributed by atoms with Crippen molar-refractivity contribution in [3.63, 3.8) is 0 Å². The van der Waals surface area contributed by atoms with Gasteiger partial charge >= 0.3 is 5.82 Å². The van der Waals surface area contributed by atoms with Crippen molar-refractivity contribution < 1.29 is 9.13 Å². The molecular formula is C8H14N4O3S. The van der Waals surface area contributed by atoms with Gasteiger partial charge in [0.1, 0.15) is 0 Å². The fourth-order valence-electron chi connectivity index (χ4n) is 1.11. The Morgan fingerprint density at radius 1 is 1.75 bits per heavy atom. The maximum atomic E-state index is 11.1. The molecule has 2 atom stereocenters. The van der Waals surface area contributed by atoms with Crippen molar-refractivity contribution in [1.82, 2.24) is 9.55 Å². The van der Waals surface area contributed by atoms with Crippen molar-refractivity contribution in [3.05, 3.63) is 16.4 Å². The van der Waals surface area contributed by atoms with Crippen molar-refractivity contribution in [2.24, 2.45) is 7.05 Å². The minimum atomic E-state index is -0.958. The summed E-state index contributed by atoms with van der Waals surface area (Å²) in [5, 5.41) is 13.5. The van der Waals surface area contributed by atoms with E-state index in [1.165, 1.54) is 10.9 Å². The topological polar surface area (TPSA) is 90.1 Å². The molecule has 0 spiro atoms. The Hall–Kier alpha value is -1.44. The molecule has 0 saturated carbocycles. The molecule has 8 heteroatoms. The molecule has 1 rings (SSSR count). The number of hydrogen-bond donors (Lipinski definition) is 1. The monoisotopic (exact) mass is 246 g/mol. The van der Waals surface area contributed by atoms with Gasteiger partial charge in [-0.05, 0) is 16.8 Å². The molecule has 7 nitrogen and oxygen atoms in total. The minimum absolute atomic E-state index is 0.0745. The Balaban J connectivity index is 2.77. The molecule has 0 aliphatic rings. The number of nitrogens with one attached hydrogen (secondary N) is 1. The highest BCUT2D eigenvalue weighted by atomic mass is 32.2. The van der Waals surface area contributed by atoms with Gasteiger partial charge in [-0.15, -0.1) is 0 Å². The maximum Gasteiger partial charge on any atom is 0.406 e. The van der Waals surface area contributed by atoms with E-state index in [9.17, 15) is 14.3 Å². The molecule has 1 heterocycles. The van der Waals surface area contributed by atoms with Crippen LogP contribution in [0.4, 0.5) is 11.6 Å². The Bertz CT molecular complexity index is 417. The number of anilines is 1. The molecule has 2 unspecified atom stereocenters. The first-order valence-corrected chi connectivity index (χ1v) is 6.27. The van der Waals surface area contributed by atoms with Crippen LogP contribution in [0.5, 0.6) is 0 Å². The first-order chi connectivity index (χ1) is 7.43. The Kier molecular flexibility index (Phi) is 3.99. The molecule has 0 radical (unpaired) electrons. The van der Waals surface area contributed by atoms with Crippen LogP contribution in [0.15, 0.2) is 6.33 Å². The zero-order valence-corrected chi connectivity index (χ0v) is 10.2. The van der Waals surface area contributed by atoms with E-state index < -0.39 is 15.7 Å². The number of rotatable bonds is 5. The second kappa shape index (κ2) is 5.06. The molecule has 0 bridgehead atoms. The summed E-state index contributed by atoms with van der Waals surface area (Å²) in [6.07, 6.45) is 2.97. The van der Waals surface area contributed by atoms with E-state index in [1.54, 1.807) is 13.3 Å². The van der Waals surface area contributed by atoms with Gasteiger partial charge in [0.2, 0.25) is 12.1 Å². The number of nitrogens with zero attached hydrogens (tertiary/aromatic N) is 3. The van der Waals surface area contributed by atoms with E-state index in [1.807, 2.05) is 6.92 Å². The average Bonchev–Trinajstić information content (AvgIpc) is 2.56. The quantitative estimate of drug-likeness (QED) is 0.603. The summed E-state index contributed by atoms with van der Waals surface area (Å²) in [4.78, 5) is 13.8. The lowest BCUT2D eigenvalue weighted by Gasteiger charge is -2.10. The van der Waals surface area contributed by atoms with Gasteiger partial charge in [-0.2, -0.15) is 0 Å². The molecule has 16 heavy (non-hydrogen) atoms. The third-order valence-corrected chi connectivity index (χ3v) is 3.51. The van der Waals surface area contributed by atoms with Gasteiger partial charge < -0.3 is 15.4 Å². The van der Waals surface area contributed by atoms with Gasteiger partial charge in [-0.1, -0.05) is 0 Å². The van der Waals surface area contributed by atoms with E-state index in [0.29, 0.717) is 12.4 Å². The number of nitro groups is 1. The summed E-state index contributed by atoms with van der Waals surface area (Å²) in [5.41, 5.74) is 0. The summed E-state index contributed by atoms with van der Waals surface area (Å²) in [5.74, 6) is 0.124. The van der Waals surface area contributed by atoms with Gasteiger partial charge in [-0.25, -0.2) is 0 Å². The number of hydrogen-bond acceptors (Lipinski definition) is 5. The van der Waals surface area contributed by atoms with Crippen molar-refractivity contribution in [1.29, 1.82) is 0 Å². The van der Waals surface area contributed by atoms with Crippen molar-refractivity contribution in [2.45, 2.75) is 12.2 Å². The smallest absolute Gasteiger partial charge is 0.363 e. The van der Waals surface area contributed by atoms with Crippen molar-refractivity contribution in [2.75, 3.05) is 18.1 Å². The van der Waals surface area contributed by atoms with Crippen LogP contribution in [-0.4, -0.2) is 36.7 Å². The Morgan fingerprint density at radius 2 is 2.38 bits per heavy atom. The molecule has 0 saturated heterocycles. The minimum Gasteiger partial charge on any atom is -0.363 e. The summed E-state index contributed by atoms with van der Waals surface area (Å²) in [7, 11) is 0.705. The van der Waals surface area contributed by atoms with Crippen LogP contribution in [0.25, 0.3) is 0 Å². The summed E-state index contributed by atoms with van der Waals surface area (Å²) in [6.45, 7) is 2.22. The van der Waals surface area contributed by atoms with E-state index in [-0.39, 0.29) is 11.1 Å². The van der Waals surface area contributed by atoms with Gasteiger partial charge in [-0.3, -0.25) is 8.78 Å². The highest BCUT2D eigenvalue weighted by molar-refractivity contribution is 7.84. The molecule has 1 aromatic rings. The molecular weight excluding hydrogens is 232 g/mol. The Morgan fingerprint density at radius 3 is 2.88 bits per heavy atom. The molecule has 1 aromatic heterocycles. The first kappa shape index (κ1) is 12.6. The largest absolute Gasteiger partial charge is 0.406 e. The average molecular weight is 246 g/mol. The third kappa shape index (κ3) is 2.78. The summed E-state index contributed by atoms with van der Waals surface area (Å²) < 4.78 is 12.7. The molecule has 0 aliphatic carbocycles.